The van der Waals surface area contributed by atoms with Crippen LogP contribution < -0.4 is 16.0 Å². The minimum atomic E-state index is 0.0979. The van der Waals surface area contributed by atoms with Crippen LogP contribution in [0.4, 0.5) is 11.4 Å². The van der Waals surface area contributed by atoms with Crippen LogP contribution in [0.3, 0.4) is 0 Å². The Kier molecular flexibility index (Phi) is 3.23. The lowest BCUT2D eigenvalue weighted by Crippen LogP contribution is -2.45. The molecule has 2 atom stereocenters. The summed E-state index contributed by atoms with van der Waals surface area (Å²) in [4.78, 5) is 14.1. The Morgan fingerprint density at radius 3 is 3.15 bits per heavy atom. The van der Waals surface area contributed by atoms with Crippen molar-refractivity contribution in [1.29, 1.82) is 5.26 Å². The second kappa shape index (κ2) is 5.04. The summed E-state index contributed by atoms with van der Waals surface area (Å²) in [6.45, 7) is 1.66. The summed E-state index contributed by atoms with van der Waals surface area (Å²) >= 11 is 0. The van der Waals surface area contributed by atoms with E-state index < -0.39 is 0 Å². The first kappa shape index (κ1) is 12.8. The standard InChI is InChI=1S/C15H18N4O/c16-6-5-10-8-11(3-4-13(10)17)19-7-1-2-12-14(19)9-18-15(12)20/h3-4,8,12,14H,1-2,5,7,9,17H2,(H,18,20). The van der Waals surface area contributed by atoms with Gasteiger partial charge in [-0.2, -0.15) is 5.26 Å². The van der Waals surface area contributed by atoms with Gasteiger partial charge in [0.1, 0.15) is 0 Å². The van der Waals surface area contributed by atoms with E-state index >= 15 is 0 Å². The van der Waals surface area contributed by atoms with E-state index in [1.165, 1.54) is 0 Å². The van der Waals surface area contributed by atoms with Gasteiger partial charge in [0.15, 0.2) is 0 Å². The van der Waals surface area contributed by atoms with Crippen molar-refractivity contribution in [3.63, 3.8) is 0 Å². The van der Waals surface area contributed by atoms with Gasteiger partial charge in [-0.25, -0.2) is 0 Å². The maximum atomic E-state index is 11.8. The van der Waals surface area contributed by atoms with Crippen LogP contribution in [0.2, 0.25) is 0 Å². The fourth-order valence-electron chi connectivity index (χ4n) is 3.28. The molecule has 3 rings (SSSR count). The van der Waals surface area contributed by atoms with Gasteiger partial charge in [0.25, 0.3) is 0 Å². The van der Waals surface area contributed by atoms with Crippen LogP contribution in [0.5, 0.6) is 0 Å². The van der Waals surface area contributed by atoms with Gasteiger partial charge < -0.3 is 16.0 Å². The number of nitrogens with two attached hydrogens (primary N) is 1. The Balaban J connectivity index is 1.90. The van der Waals surface area contributed by atoms with Crippen molar-refractivity contribution in [2.45, 2.75) is 25.3 Å². The molecule has 0 spiro atoms. The van der Waals surface area contributed by atoms with Gasteiger partial charge in [-0.05, 0) is 36.6 Å². The average molecular weight is 270 g/mol. The molecule has 5 heteroatoms. The quantitative estimate of drug-likeness (QED) is 0.787. The summed E-state index contributed by atoms with van der Waals surface area (Å²) in [7, 11) is 0. The van der Waals surface area contributed by atoms with Crippen molar-refractivity contribution in [2.24, 2.45) is 5.92 Å². The van der Waals surface area contributed by atoms with Gasteiger partial charge in [0.2, 0.25) is 5.91 Å². The first-order valence-electron chi connectivity index (χ1n) is 7.00. The van der Waals surface area contributed by atoms with Crippen LogP contribution in [-0.4, -0.2) is 25.0 Å². The first-order valence-corrected chi connectivity index (χ1v) is 7.00. The van der Waals surface area contributed by atoms with Crippen molar-refractivity contribution in [1.82, 2.24) is 5.32 Å². The number of nitrogens with one attached hydrogen (secondary N) is 1. The SMILES string of the molecule is N#CCc1cc(N2CCCC3C(=O)NCC32)ccc1N. The molecule has 1 aromatic carbocycles. The number of amides is 1. The highest BCUT2D eigenvalue weighted by Gasteiger charge is 2.40. The molecule has 2 aliphatic heterocycles. The minimum absolute atomic E-state index is 0.0979. The van der Waals surface area contributed by atoms with Crippen molar-refractivity contribution in [3.8, 4) is 6.07 Å². The summed E-state index contributed by atoms with van der Waals surface area (Å²) in [6, 6.07) is 8.21. The molecule has 104 valence electrons. The molecule has 2 saturated heterocycles. The van der Waals surface area contributed by atoms with Gasteiger partial charge >= 0.3 is 0 Å². The molecule has 0 aromatic heterocycles. The summed E-state index contributed by atoms with van der Waals surface area (Å²) in [5.74, 6) is 0.271. The van der Waals surface area contributed by atoms with Crippen molar-refractivity contribution in [2.75, 3.05) is 23.7 Å². The number of benzene rings is 1. The van der Waals surface area contributed by atoms with Gasteiger partial charge in [-0.3, -0.25) is 4.79 Å². The number of carbonyl (C=O) groups excluding carboxylic acids is 1. The highest BCUT2D eigenvalue weighted by Crippen LogP contribution is 2.32. The molecule has 2 heterocycles. The Hall–Kier alpha value is -2.22. The second-order valence-corrected chi connectivity index (χ2v) is 5.47. The molecule has 1 amide bonds. The molecule has 5 nitrogen and oxygen atoms in total. The molecular formula is C15H18N4O. The number of carbonyl (C=O) groups is 1. The molecule has 2 fully saturated rings. The Morgan fingerprint density at radius 2 is 2.35 bits per heavy atom. The van der Waals surface area contributed by atoms with Gasteiger partial charge in [0, 0.05) is 24.5 Å². The zero-order chi connectivity index (χ0) is 14.1. The smallest absolute Gasteiger partial charge is 0.225 e. The molecular weight excluding hydrogens is 252 g/mol. The molecule has 0 saturated carbocycles. The van der Waals surface area contributed by atoms with Crippen LogP contribution in [0.1, 0.15) is 18.4 Å². The van der Waals surface area contributed by atoms with Crippen molar-refractivity contribution >= 4 is 17.3 Å². The van der Waals surface area contributed by atoms with Gasteiger partial charge in [0.05, 0.1) is 24.4 Å². The number of fused-ring (bicyclic) bond motifs is 1. The number of nitrogens with zero attached hydrogens (tertiary/aromatic N) is 2. The summed E-state index contributed by atoms with van der Waals surface area (Å²) in [5, 5.41) is 11.8. The molecule has 0 aliphatic carbocycles. The number of nitriles is 1. The monoisotopic (exact) mass is 270 g/mol. The Labute approximate surface area is 118 Å². The number of anilines is 2. The summed E-state index contributed by atoms with van der Waals surface area (Å²) in [6.07, 6.45) is 2.30. The zero-order valence-electron chi connectivity index (χ0n) is 11.3. The first-order chi connectivity index (χ1) is 9.70. The van der Waals surface area contributed by atoms with Crippen LogP contribution in [-0.2, 0) is 11.2 Å². The maximum Gasteiger partial charge on any atom is 0.225 e. The van der Waals surface area contributed by atoms with Crippen LogP contribution in [0, 0.1) is 17.2 Å². The molecule has 0 radical (unpaired) electrons. The lowest BCUT2D eigenvalue weighted by molar-refractivity contribution is -0.122. The van der Waals surface area contributed by atoms with E-state index in [1.807, 2.05) is 18.2 Å². The van der Waals surface area contributed by atoms with E-state index in [0.29, 0.717) is 18.7 Å². The summed E-state index contributed by atoms with van der Waals surface area (Å²) < 4.78 is 0. The van der Waals surface area contributed by atoms with E-state index in [2.05, 4.69) is 16.3 Å². The number of nitrogen functional groups attached to an aromatic ring is 1. The number of rotatable bonds is 2. The number of piperidine rings is 1. The third kappa shape index (κ3) is 2.07. The van der Waals surface area contributed by atoms with E-state index in [-0.39, 0.29) is 17.9 Å². The lowest BCUT2D eigenvalue weighted by Gasteiger charge is -2.38. The van der Waals surface area contributed by atoms with E-state index in [4.69, 9.17) is 11.0 Å². The Bertz CT molecular complexity index is 578. The molecule has 20 heavy (non-hydrogen) atoms. The maximum absolute atomic E-state index is 11.8. The Morgan fingerprint density at radius 1 is 1.50 bits per heavy atom. The number of hydrogen-bond donors (Lipinski definition) is 2. The highest BCUT2D eigenvalue weighted by molar-refractivity contribution is 5.83. The predicted octanol–water partition coefficient (Wildman–Crippen LogP) is 1.05. The predicted molar refractivity (Wildman–Crippen MR) is 77.0 cm³/mol. The lowest BCUT2D eigenvalue weighted by atomic mass is 9.91. The second-order valence-electron chi connectivity index (χ2n) is 5.47. The third-order valence-electron chi connectivity index (χ3n) is 4.33. The normalized spacial score (nSPS) is 24.9. The molecule has 1 aromatic rings. The zero-order valence-corrected chi connectivity index (χ0v) is 11.3. The van der Waals surface area contributed by atoms with Gasteiger partial charge in [-0.1, -0.05) is 0 Å². The topological polar surface area (TPSA) is 82.2 Å². The highest BCUT2D eigenvalue weighted by atomic mass is 16.2. The van der Waals surface area contributed by atoms with E-state index in [0.717, 1.165) is 30.6 Å². The molecule has 2 unspecified atom stereocenters. The fourth-order valence-corrected chi connectivity index (χ4v) is 3.28. The van der Waals surface area contributed by atoms with Gasteiger partial charge in [-0.15, -0.1) is 0 Å². The molecule has 3 N–H and O–H groups in total. The molecule has 0 bridgehead atoms. The minimum Gasteiger partial charge on any atom is -0.398 e. The van der Waals surface area contributed by atoms with E-state index in [9.17, 15) is 4.79 Å². The van der Waals surface area contributed by atoms with Crippen LogP contribution >= 0.6 is 0 Å². The van der Waals surface area contributed by atoms with E-state index in [1.54, 1.807) is 0 Å². The fraction of sp³-hybridized carbons (Fsp3) is 0.467. The van der Waals surface area contributed by atoms with Crippen molar-refractivity contribution in [3.05, 3.63) is 23.8 Å². The largest absolute Gasteiger partial charge is 0.398 e. The number of hydrogen-bond acceptors (Lipinski definition) is 4. The average Bonchev–Trinajstić information content (AvgIpc) is 2.84. The third-order valence-corrected chi connectivity index (χ3v) is 4.33. The molecule has 2 aliphatic rings. The van der Waals surface area contributed by atoms with Crippen LogP contribution in [0.15, 0.2) is 18.2 Å². The van der Waals surface area contributed by atoms with Crippen molar-refractivity contribution < 1.29 is 4.79 Å². The summed E-state index contributed by atoms with van der Waals surface area (Å²) in [5.41, 5.74) is 8.49. The van der Waals surface area contributed by atoms with Crippen LogP contribution in [0.25, 0.3) is 0 Å².